The lowest BCUT2D eigenvalue weighted by atomic mass is 9.69. The zero-order valence-electron chi connectivity index (χ0n) is 8.57. The summed E-state index contributed by atoms with van der Waals surface area (Å²) in [6.07, 6.45) is -3.27. The summed E-state index contributed by atoms with van der Waals surface area (Å²) in [5, 5.41) is 8.96. The van der Waals surface area contributed by atoms with Gasteiger partial charge >= 0.3 is 5.92 Å². The number of aliphatic hydroxyl groups is 1. The van der Waals surface area contributed by atoms with Gasteiger partial charge in [-0.15, -0.1) is 0 Å². The minimum absolute atomic E-state index is 0.413. The van der Waals surface area contributed by atoms with Crippen LogP contribution in [0.2, 0.25) is 0 Å². The minimum atomic E-state index is -3.93. The van der Waals surface area contributed by atoms with Gasteiger partial charge in [-0.2, -0.15) is 0 Å². The van der Waals surface area contributed by atoms with Crippen molar-refractivity contribution in [2.75, 3.05) is 6.61 Å². The van der Waals surface area contributed by atoms with E-state index in [1.54, 1.807) is 0 Å². The van der Waals surface area contributed by atoms with E-state index >= 15 is 0 Å². The molecule has 1 aliphatic rings. The van der Waals surface area contributed by atoms with Gasteiger partial charge in [0.1, 0.15) is 12.0 Å². The Hall–Kier alpha value is -0.360. The van der Waals surface area contributed by atoms with Crippen molar-refractivity contribution >= 4 is 0 Å². The van der Waals surface area contributed by atoms with Crippen LogP contribution in [-0.4, -0.2) is 29.8 Å². The summed E-state index contributed by atoms with van der Waals surface area (Å²) >= 11 is 0. The van der Waals surface area contributed by atoms with E-state index < -0.39 is 43.0 Å². The molecule has 0 aliphatic carbocycles. The van der Waals surface area contributed by atoms with E-state index in [0.29, 0.717) is 0 Å². The molecule has 0 amide bonds. The van der Waals surface area contributed by atoms with Crippen LogP contribution in [0.3, 0.4) is 0 Å². The van der Waals surface area contributed by atoms with E-state index in [1.165, 1.54) is 13.8 Å². The Morgan fingerprint density at radius 1 is 1.20 bits per heavy atom. The van der Waals surface area contributed by atoms with Crippen LogP contribution < -0.4 is 0 Å². The van der Waals surface area contributed by atoms with Crippen LogP contribution in [0.1, 0.15) is 26.7 Å². The van der Waals surface area contributed by atoms with Crippen LogP contribution in [0.25, 0.3) is 0 Å². The molecule has 1 fully saturated rings. The predicted octanol–water partition coefficient (Wildman–Crippen LogP) is 2.41. The SMILES string of the molecule is CCC1(CC)C(F)(F)COC(O)C1(F)F. The van der Waals surface area contributed by atoms with Crippen molar-refractivity contribution in [3.8, 4) is 0 Å². The first-order valence-electron chi connectivity index (χ1n) is 4.80. The molecule has 1 heterocycles. The maximum absolute atomic E-state index is 13.6. The largest absolute Gasteiger partial charge is 0.363 e. The number of hydrogen-bond donors (Lipinski definition) is 1. The second-order valence-corrected chi connectivity index (χ2v) is 3.78. The zero-order valence-corrected chi connectivity index (χ0v) is 8.57. The van der Waals surface area contributed by atoms with E-state index in [0.717, 1.165) is 0 Å². The van der Waals surface area contributed by atoms with Crippen LogP contribution >= 0.6 is 0 Å². The lowest BCUT2D eigenvalue weighted by Gasteiger charge is -2.49. The van der Waals surface area contributed by atoms with Gasteiger partial charge in [0, 0.05) is 0 Å². The molecule has 0 spiro atoms. The Morgan fingerprint density at radius 3 is 2.00 bits per heavy atom. The molecule has 0 bridgehead atoms. The van der Waals surface area contributed by atoms with Crippen LogP contribution in [0.4, 0.5) is 17.6 Å². The summed E-state index contributed by atoms with van der Waals surface area (Å²) in [4.78, 5) is 0. The average molecular weight is 230 g/mol. The molecule has 0 aromatic rings. The Morgan fingerprint density at radius 2 is 1.67 bits per heavy atom. The molecule has 1 atom stereocenters. The van der Waals surface area contributed by atoms with Gasteiger partial charge in [-0.05, 0) is 12.8 Å². The average Bonchev–Trinajstić information content (AvgIpc) is 2.14. The summed E-state index contributed by atoms with van der Waals surface area (Å²) in [6, 6.07) is 0. The van der Waals surface area contributed by atoms with Crippen molar-refractivity contribution in [3.63, 3.8) is 0 Å². The molecule has 1 saturated heterocycles. The Balaban J connectivity index is 3.22. The van der Waals surface area contributed by atoms with E-state index in [9.17, 15) is 17.6 Å². The molecule has 1 rings (SSSR count). The second kappa shape index (κ2) is 3.59. The first-order valence-corrected chi connectivity index (χ1v) is 4.80. The van der Waals surface area contributed by atoms with Gasteiger partial charge < -0.3 is 9.84 Å². The number of hydrogen-bond acceptors (Lipinski definition) is 2. The van der Waals surface area contributed by atoms with Crippen LogP contribution in [0.15, 0.2) is 0 Å². The molecule has 0 aromatic heterocycles. The number of aliphatic hydroxyl groups excluding tert-OH is 1. The van der Waals surface area contributed by atoms with Crippen molar-refractivity contribution in [3.05, 3.63) is 0 Å². The number of rotatable bonds is 2. The third-order valence-corrected chi connectivity index (χ3v) is 3.28. The lowest BCUT2D eigenvalue weighted by molar-refractivity contribution is -0.383. The maximum Gasteiger partial charge on any atom is 0.308 e. The summed E-state index contributed by atoms with van der Waals surface area (Å²) in [7, 11) is 0. The minimum Gasteiger partial charge on any atom is -0.363 e. The van der Waals surface area contributed by atoms with Gasteiger partial charge in [-0.1, -0.05) is 13.8 Å². The Bertz CT molecular complexity index is 238. The van der Waals surface area contributed by atoms with Gasteiger partial charge in [0.25, 0.3) is 5.92 Å². The molecular weight excluding hydrogens is 216 g/mol. The Labute approximate surface area is 85.2 Å². The molecule has 0 radical (unpaired) electrons. The topological polar surface area (TPSA) is 29.5 Å². The fourth-order valence-corrected chi connectivity index (χ4v) is 2.15. The highest BCUT2D eigenvalue weighted by atomic mass is 19.3. The van der Waals surface area contributed by atoms with Gasteiger partial charge in [0.2, 0.25) is 6.29 Å². The molecule has 1 aliphatic heterocycles. The molecular formula is C9H14F4O2. The molecule has 15 heavy (non-hydrogen) atoms. The zero-order chi connectivity index (χ0) is 11.9. The normalized spacial score (nSPS) is 32.6. The number of ether oxygens (including phenoxy) is 1. The van der Waals surface area contributed by atoms with Gasteiger partial charge in [-0.3, -0.25) is 0 Å². The molecule has 90 valence electrons. The summed E-state index contributed by atoms with van der Waals surface area (Å²) in [6.45, 7) is 1.37. The highest BCUT2D eigenvalue weighted by Crippen LogP contribution is 2.57. The van der Waals surface area contributed by atoms with Gasteiger partial charge in [0.05, 0.1) is 0 Å². The smallest absolute Gasteiger partial charge is 0.308 e. The van der Waals surface area contributed by atoms with Crippen molar-refractivity contribution < 1.29 is 27.4 Å². The maximum atomic E-state index is 13.6. The van der Waals surface area contributed by atoms with Crippen molar-refractivity contribution in [1.82, 2.24) is 0 Å². The highest BCUT2D eigenvalue weighted by molar-refractivity contribution is 5.04. The summed E-state index contributed by atoms with van der Waals surface area (Å²) < 4.78 is 58.1. The van der Waals surface area contributed by atoms with Crippen LogP contribution in [-0.2, 0) is 4.74 Å². The predicted molar refractivity (Wildman–Crippen MR) is 44.9 cm³/mol. The van der Waals surface area contributed by atoms with Crippen molar-refractivity contribution in [2.24, 2.45) is 5.41 Å². The molecule has 2 nitrogen and oxygen atoms in total. The van der Waals surface area contributed by atoms with Crippen molar-refractivity contribution in [2.45, 2.75) is 44.8 Å². The van der Waals surface area contributed by atoms with E-state index in [-0.39, 0.29) is 0 Å². The van der Waals surface area contributed by atoms with Gasteiger partial charge in [0.15, 0.2) is 0 Å². The van der Waals surface area contributed by atoms with Crippen molar-refractivity contribution in [1.29, 1.82) is 0 Å². The number of halogens is 4. The fourth-order valence-electron chi connectivity index (χ4n) is 2.15. The second-order valence-electron chi connectivity index (χ2n) is 3.78. The Kier molecular flexibility index (Phi) is 3.04. The standard InChI is InChI=1S/C9H14F4O2/c1-3-7(4-2)8(10,11)5-15-6(14)9(7,12)13/h6,14H,3-5H2,1-2H3. The first-order chi connectivity index (χ1) is 6.75. The third kappa shape index (κ3) is 1.45. The van der Waals surface area contributed by atoms with E-state index in [4.69, 9.17) is 5.11 Å². The monoisotopic (exact) mass is 230 g/mol. The summed E-state index contributed by atoms with van der Waals surface area (Å²) in [5.74, 6) is -7.56. The van der Waals surface area contributed by atoms with E-state index in [2.05, 4.69) is 4.74 Å². The van der Waals surface area contributed by atoms with Crippen LogP contribution in [0.5, 0.6) is 0 Å². The first kappa shape index (κ1) is 12.7. The van der Waals surface area contributed by atoms with E-state index in [1.807, 2.05) is 0 Å². The number of alkyl halides is 4. The van der Waals surface area contributed by atoms with Gasteiger partial charge in [-0.25, -0.2) is 17.6 Å². The molecule has 0 saturated carbocycles. The fraction of sp³-hybridized carbons (Fsp3) is 1.00. The molecule has 6 heteroatoms. The third-order valence-electron chi connectivity index (χ3n) is 3.28. The highest BCUT2D eigenvalue weighted by Gasteiger charge is 2.72. The lowest BCUT2D eigenvalue weighted by Crippen LogP contribution is -2.65. The summed E-state index contributed by atoms with van der Waals surface area (Å²) in [5.41, 5.74) is -2.52. The quantitative estimate of drug-likeness (QED) is 0.738. The molecule has 1 N–H and O–H groups in total. The van der Waals surface area contributed by atoms with Crippen LogP contribution in [0, 0.1) is 5.41 Å². The molecule has 1 unspecified atom stereocenters. The molecule has 0 aromatic carbocycles.